The summed E-state index contributed by atoms with van der Waals surface area (Å²) in [6.07, 6.45) is 1.68. The minimum Gasteiger partial charge on any atom is -0.497 e. The van der Waals surface area contributed by atoms with E-state index in [-0.39, 0.29) is 11.9 Å². The molecular formula is C18H16ClNO2. The van der Waals surface area contributed by atoms with Crippen molar-refractivity contribution in [3.8, 4) is 5.75 Å². The molecule has 3 nitrogen and oxygen atoms in total. The van der Waals surface area contributed by atoms with Gasteiger partial charge in [0.15, 0.2) is 0 Å². The maximum Gasteiger partial charge on any atom is 0.251 e. The lowest BCUT2D eigenvalue weighted by Gasteiger charge is -2.27. The van der Waals surface area contributed by atoms with Crippen LogP contribution >= 0.6 is 11.6 Å². The smallest absolute Gasteiger partial charge is 0.251 e. The molecule has 0 spiro atoms. The number of rotatable bonds is 3. The summed E-state index contributed by atoms with van der Waals surface area (Å²) in [6, 6.07) is 15.0. The number of methoxy groups -OCH3 is 1. The highest BCUT2D eigenvalue weighted by Gasteiger charge is 2.33. The Morgan fingerprint density at radius 2 is 1.86 bits per heavy atom. The van der Waals surface area contributed by atoms with Gasteiger partial charge in [0, 0.05) is 22.9 Å². The van der Waals surface area contributed by atoms with Crippen LogP contribution in [-0.2, 0) is 4.79 Å². The van der Waals surface area contributed by atoms with Crippen molar-refractivity contribution in [2.45, 2.75) is 13.0 Å². The zero-order valence-corrected chi connectivity index (χ0v) is 13.2. The molecule has 0 bridgehead atoms. The van der Waals surface area contributed by atoms with Crippen LogP contribution in [0.3, 0.4) is 0 Å². The molecule has 0 radical (unpaired) electrons. The minimum absolute atomic E-state index is 0.0225. The molecule has 1 aliphatic heterocycles. The number of nitrogens with zero attached hydrogens (tertiary/aromatic N) is 1. The summed E-state index contributed by atoms with van der Waals surface area (Å²) in [7, 11) is 1.62. The van der Waals surface area contributed by atoms with E-state index in [1.54, 1.807) is 18.1 Å². The van der Waals surface area contributed by atoms with Crippen molar-refractivity contribution in [1.82, 2.24) is 0 Å². The summed E-state index contributed by atoms with van der Waals surface area (Å²) in [4.78, 5) is 14.2. The summed E-state index contributed by atoms with van der Waals surface area (Å²) in [5.74, 6) is 0.704. The van der Waals surface area contributed by atoms with Gasteiger partial charge in [-0.1, -0.05) is 29.8 Å². The molecule has 22 heavy (non-hydrogen) atoms. The van der Waals surface area contributed by atoms with Crippen LogP contribution in [0.25, 0.3) is 0 Å². The Kier molecular flexibility index (Phi) is 3.90. The third-order valence-corrected chi connectivity index (χ3v) is 4.05. The van der Waals surface area contributed by atoms with Crippen molar-refractivity contribution in [1.29, 1.82) is 0 Å². The van der Waals surface area contributed by atoms with Crippen LogP contribution in [-0.4, -0.2) is 13.0 Å². The maximum atomic E-state index is 12.4. The van der Waals surface area contributed by atoms with Gasteiger partial charge in [-0.25, -0.2) is 0 Å². The first kappa shape index (κ1) is 14.7. The first-order valence-electron chi connectivity index (χ1n) is 7.01. The normalized spacial score (nSPS) is 17.6. The monoisotopic (exact) mass is 313 g/mol. The van der Waals surface area contributed by atoms with Gasteiger partial charge in [0.1, 0.15) is 5.75 Å². The molecule has 0 saturated heterocycles. The van der Waals surface area contributed by atoms with Crippen LogP contribution in [0.15, 0.2) is 60.2 Å². The van der Waals surface area contributed by atoms with E-state index < -0.39 is 0 Å². The molecule has 1 atom stereocenters. The van der Waals surface area contributed by atoms with E-state index in [2.05, 4.69) is 0 Å². The molecule has 0 aliphatic carbocycles. The van der Waals surface area contributed by atoms with E-state index in [1.807, 2.05) is 55.5 Å². The quantitative estimate of drug-likeness (QED) is 0.841. The van der Waals surface area contributed by atoms with Gasteiger partial charge < -0.3 is 4.74 Å². The van der Waals surface area contributed by atoms with Gasteiger partial charge in [-0.05, 0) is 42.3 Å². The number of anilines is 1. The molecule has 2 aromatic rings. The highest BCUT2D eigenvalue weighted by atomic mass is 35.5. The van der Waals surface area contributed by atoms with Crippen LogP contribution < -0.4 is 9.64 Å². The lowest BCUT2D eigenvalue weighted by atomic mass is 10.0. The Labute approximate surface area is 134 Å². The first-order chi connectivity index (χ1) is 10.6. The zero-order valence-electron chi connectivity index (χ0n) is 12.4. The van der Waals surface area contributed by atoms with Crippen molar-refractivity contribution in [2.75, 3.05) is 12.0 Å². The van der Waals surface area contributed by atoms with Gasteiger partial charge >= 0.3 is 0 Å². The van der Waals surface area contributed by atoms with Crippen LogP contribution in [0, 0.1) is 0 Å². The Bertz CT molecular complexity index is 737. The van der Waals surface area contributed by atoms with Gasteiger partial charge in [-0.3, -0.25) is 9.69 Å². The lowest BCUT2D eigenvalue weighted by Crippen LogP contribution is -2.29. The van der Waals surface area contributed by atoms with Crippen LogP contribution in [0.4, 0.5) is 5.69 Å². The number of hydrogen-bond acceptors (Lipinski definition) is 2. The molecule has 0 N–H and O–H groups in total. The van der Waals surface area contributed by atoms with E-state index in [0.29, 0.717) is 5.02 Å². The third-order valence-electron chi connectivity index (χ3n) is 3.80. The molecular weight excluding hydrogens is 298 g/mol. The van der Waals surface area contributed by atoms with E-state index in [9.17, 15) is 4.79 Å². The minimum atomic E-state index is -0.114. The Morgan fingerprint density at radius 1 is 1.14 bits per heavy atom. The maximum absolute atomic E-state index is 12.4. The van der Waals surface area contributed by atoms with Gasteiger partial charge in [-0.2, -0.15) is 0 Å². The van der Waals surface area contributed by atoms with Crippen molar-refractivity contribution in [3.63, 3.8) is 0 Å². The average molecular weight is 314 g/mol. The molecule has 0 aromatic heterocycles. The number of amides is 1. The fraction of sp³-hybridized carbons (Fsp3) is 0.167. The number of carbonyl (C=O) groups is 1. The van der Waals surface area contributed by atoms with Gasteiger partial charge in [0.05, 0.1) is 13.2 Å². The molecule has 1 aliphatic rings. The highest BCUT2D eigenvalue weighted by Crippen LogP contribution is 2.38. The predicted molar refractivity (Wildman–Crippen MR) is 88.4 cm³/mol. The van der Waals surface area contributed by atoms with Gasteiger partial charge in [0.25, 0.3) is 5.91 Å². The Hall–Kier alpha value is -2.26. The Balaban J connectivity index is 2.04. The van der Waals surface area contributed by atoms with Crippen molar-refractivity contribution in [3.05, 3.63) is 70.8 Å². The number of benzene rings is 2. The molecule has 0 unspecified atom stereocenters. The molecule has 1 amide bonds. The SMILES string of the molecule is COc1cccc(N2C(=O)C=C(C)[C@@H]2c2ccc(Cl)cc2)c1. The second-order valence-corrected chi connectivity index (χ2v) is 5.69. The second-order valence-electron chi connectivity index (χ2n) is 5.25. The summed E-state index contributed by atoms with van der Waals surface area (Å²) >= 11 is 5.96. The van der Waals surface area contributed by atoms with Crippen molar-refractivity contribution in [2.24, 2.45) is 0 Å². The molecule has 4 heteroatoms. The second kappa shape index (κ2) is 5.85. The molecule has 1 heterocycles. The van der Waals surface area contributed by atoms with E-state index in [0.717, 1.165) is 22.6 Å². The molecule has 3 rings (SSSR count). The molecule has 2 aromatic carbocycles. The summed E-state index contributed by atoms with van der Waals surface area (Å²) in [5.41, 5.74) is 2.86. The zero-order chi connectivity index (χ0) is 15.7. The Morgan fingerprint density at radius 3 is 2.55 bits per heavy atom. The van der Waals surface area contributed by atoms with E-state index >= 15 is 0 Å². The number of hydrogen-bond donors (Lipinski definition) is 0. The van der Waals surface area contributed by atoms with Gasteiger partial charge in [0.2, 0.25) is 0 Å². The predicted octanol–water partition coefficient (Wildman–Crippen LogP) is 4.38. The van der Waals surface area contributed by atoms with Crippen molar-refractivity contribution >= 4 is 23.2 Å². The van der Waals surface area contributed by atoms with Crippen LogP contribution in [0.2, 0.25) is 5.02 Å². The molecule has 112 valence electrons. The summed E-state index contributed by atoms with van der Waals surface area (Å²) < 4.78 is 5.26. The standard InChI is InChI=1S/C18H16ClNO2/c1-12-10-17(21)20(15-4-3-5-16(11-15)22-2)18(12)13-6-8-14(19)9-7-13/h3-11,18H,1-2H3/t18-/m1/s1. The first-order valence-corrected chi connectivity index (χ1v) is 7.39. The topological polar surface area (TPSA) is 29.5 Å². The average Bonchev–Trinajstić information content (AvgIpc) is 2.82. The number of carbonyl (C=O) groups excluding carboxylic acids is 1. The van der Waals surface area contributed by atoms with Gasteiger partial charge in [-0.15, -0.1) is 0 Å². The van der Waals surface area contributed by atoms with Crippen molar-refractivity contribution < 1.29 is 9.53 Å². The summed E-state index contributed by atoms with van der Waals surface area (Å²) in [6.45, 7) is 1.97. The highest BCUT2D eigenvalue weighted by molar-refractivity contribution is 6.30. The lowest BCUT2D eigenvalue weighted by molar-refractivity contribution is -0.113. The third kappa shape index (κ3) is 2.60. The number of halogens is 1. The number of ether oxygens (including phenoxy) is 1. The molecule has 0 saturated carbocycles. The van der Waals surface area contributed by atoms with Crippen LogP contribution in [0.5, 0.6) is 5.75 Å². The van der Waals surface area contributed by atoms with E-state index in [1.165, 1.54) is 0 Å². The fourth-order valence-electron chi connectivity index (χ4n) is 2.77. The fourth-order valence-corrected chi connectivity index (χ4v) is 2.89. The summed E-state index contributed by atoms with van der Waals surface area (Å²) in [5, 5.41) is 0.683. The van der Waals surface area contributed by atoms with Crippen LogP contribution in [0.1, 0.15) is 18.5 Å². The van der Waals surface area contributed by atoms with E-state index in [4.69, 9.17) is 16.3 Å². The molecule has 0 fully saturated rings. The largest absolute Gasteiger partial charge is 0.497 e.